The number of nitrogens with zero attached hydrogens (tertiary/aromatic N) is 2. The van der Waals surface area contributed by atoms with E-state index in [2.05, 4.69) is 9.82 Å². The van der Waals surface area contributed by atoms with Crippen LogP contribution in [0.5, 0.6) is 0 Å². The van der Waals surface area contributed by atoms with Crippen molar-refractivity contribution in [3.05, 3.63) is 71.4 Å². The maximum Gasteiger partial charge on any atom is 0.240 e. The van der Waals surface area contributed by atoms with Crippen LogP contribution < -0.4 is 4.72 Å². The molecule has 0 saturated heterocycles. The molecule has 0 aliphatic rings. The number of hydrogen-bond acceptors (Lipinski definition) is 3. The highest BCUT2D eigenvalue weighted by Crippen LogP contribution is 2.22. The Kier molecular flexibility index (Phi) is 5.46. The summed E-state index contributed by atoms with van der Waals surface area (Å²) in [6.07, 6.45) is 2.20. The van der Waals surface area contributed by atoms with Gasteiger partial charge in [-0.25, -0.2) is 13.1 Å². The molecule has 26 heavy (non-hydrogen) atoms. The Bertz CT molecular complexity index is 1010. The van der Waals surface area contributed by atoms with Crippen LogP contribution in [0.2, 0.25) is 5.02 Å². The van der Waals surface area contributed by atoms with Crippen molar-refractivity contribution < 1.29 is 8.42 Å². The number of halogens is 1. The lowest BCUT2D eigenvalue weighted by molar-refractivity contribution is 0.560. The average molecular weight is 390 g/mol. The molecule has 7 heteroatoms. The highest BCUT2D eigenvalue weighted by molar-refractivity contribution is 7.89. The molecule has 0 spiro atoms. The van der Waals surface area contributed by atoms with E-state index in [4.69, 9.17) is 11.6 Å². The van der Waals surface area contributed by atoms with Crippen LogP contribution in [0.4, 0.5) is 0 Å². The minimum Gasteiger partial charge on any atom is -0.268 e. The lowest BCUT2D eigenvalue weighted by Crippen LogP contribution is -2.34. The van der Waals surface area contributed by atoms with Gasteiger partial charge in [0.2, 0.25) is 10.0 Å². The fraction of sp³-hybridized carbons (Fsp3) is 0.211. The van der Waals surface area contributed by atoms with E-state index >= 15 is 0 Å². The van der Waals surface area contributed by atoms with Crippen molar-refractivity contribution in [3.8, 4) is 11.3 Å². The van der Waals surface area contributed by atoms with Crippen LogP contribution in [0.1, 0.15) is 12.5 Å². The smallest absolute Gasteiger partial charge is 0.240 e. The largest absolute Gasteiger partial charge is 0.268 e. The summed E-state index contributed by atoms with van der Waals surface area (Å²) in [7, 11) is -1.82. The molecule has 1 atom stereocenters. The van der Waals surface area contributed by atoms with Crippen molar-refractivity contribution in [2.45, 2.75) is 24.3 Å². The Morgan fingerprint density at radius 2 is 1.92 bits per heavy atom. The fourth-order valence-corrected chi connectivity index (χ4v) is 4.35. The summed E-state index contributed by atoms with van der Waals surface area (Å²) in [5.74, 6) is 0. The van der Waals surface area contributed by atoms with Gasteiger partial charge in [0.1, 0.15) is 0 Å². The van der Waals surface area contributed by atoms with Crippen molar-refractivity contribution >= 4 is 21.6 Å². The predicted molar refractivity (Wildman–Crippen MR) is 104 cm³/mol. The number of benzene rings is 2. The number of sulfonamides is 1. The minimum absolute atomic E-state index is 0.224. The molecule has 1 heterocycles. The standard InChI is InChI=1S/C19H20ClN3O2S/c1-14(12-15-6-3-4-9-18(15)20)22-26(24,25)17-8-5-7-16(13-17)19-10-11-21-23(19)2/h3-11,13-14,22H,12H2,1-2H3. The third kappa shape index (κ3) is 4.15. The number of aryl methyl sites for hydroxylation is 1. The van der Waals surface area contributed by atoms with Gasteiger partial charge in [-0.3, -0.25) is 4.68 Å². The van der Waals surface area contributed by atoms with Gasteiger partial charge in [0.15, 0.2) is 0 Å². The van der Waals surface area contributed by atoms with Gasteiger partial charge in [-0.15, -0.1) is 0 Å². The van der Waals surface area contributed by atoms with Crippen LogP contribution >= 0.6 is 11.6 Å². The molecular formula is C19H20ClN3O2S. The second-order valence-electron chi connectivity index (χ2n) is 6.19. The Hall–Kier alpha value is -2.15. The van der Waals surface area contributed by atoms with Gasteiger partial charge in [-0.05, 0) is 43.2 Å². The molecule has 5 nitrogen and oxygen atoms in total. The number of hydrogen-bond donors (Lipinski definition) is 1. The van der Waals surface area contributed by atoms with Crippen LogP contribution in [-0.2, 0) is 23.5 Å². The van der Waals surface area contributed by atoms with Crippen LogP contribution in [0.3, 0.4) is 0 Å². The third-order valence-electron chi connectivity index (χ3n) is 4.10. The zero-order valence-electron chi connectivity index (χ0n) is 14.6. The summed E-state index contributed by atoms with van der Waals surface area (Å²) in [5.41, 5.74) is 2.56. The van der Waals surface area contributed by atoms with Crippen molar-refractivity contribution in [1.82, 2.24) is 14.5 Å². The van der Waals surface area contributed by atoms with E-state index in [0.29, 0.717) is 11.4 Å². The van der Waals surface area contributed by atoms with E-state index in [1.807, 2.05) is 44.3 Å². The Balaban J connectivity index is 1.80. The van der Waals surface area contributed by atoms with E-state index in [-0.39, 0.29) is 10.9 Å². The predicted octanol–water partition coefficient (Wildman–Crippen LogP) is 3.65. The van der Waals surface area contributed by atoms with Crippen LogP contribution in [0.25, 0.3) is 11.3 Å². The van der Waals surface area contributed by atoms with Crippen LogP contribution in [0.15, 0.2) is 65.7 Å². The minimum atomic E-state index is -3.64. The lowest BCUT2D eigenvalue weighted by atomic mass is 10.1. The zero-order chi connectivity index (χ0) is 18.7. The molecule has 136 valence electrons. The second-order valence-corrected chi connectivity index (χ2v) is 8.31. The summed E-state index contributed by atoms with van der Waals surface area (Å²) in [5, 5.41) is 4.76. The molecule has 3 aromatic rings. The van der Waals surface area contributed by atoms with Gasteiger partial charge < -0.3 is 0 Å². The van der Waals surface area contributed by atoms with E-state index in [1.54, 1.807) is 35.1 Å². The molecule has 3 rings (SSSR count). The summed E-state index contributed by atoms with van der Waals surface area (Å²) >= 11 is 6.16. The van der Waals surface area contributed by atoms with Crippen molar-refractivity contribution in [2.24, 2.45) is 7.05 Å². The topological polar surface area (TPSA) is 64.0 Å². The van der Waals surface area contributed by atoms with E-state index in [0.717, 1.165) is 16.8 Å². The molecule has 0 radical (unpaired) electrons. The van der Waals surface area contributed by atoms with E-state index in [1.165, 1.54) is 0 Å². The molecule has 0 amide bonds. The van der Waals surface area contributed by atoms with Crippen molar-refractivity contribution in [2.75, 3.05) is 0 Å². The van der Waals surface area contributed by atoms with Crippen molar-refractivity contribution in [1.29, 1.82) is 0 Å². The van der Waals surface area contributed by atoms with Gasteiger partial charge in [-0.1, -0.05) is 41.9 Å². The molecule has 0 bridgehead atoms. The number of rotatable bonds is 6. The molecule has 0 aliphatic carbocycles. The lowest BCUT2D eigenvalue weighted by Gasteiger charge is -2.15. The quantitative estimate of drug-likeness (QED) is 0.699. The Morgan fingerprint density at radius 1 is 1.15 bits per heavy atom. The third-order valence-corrected chi connectivity index (χ3v) is 6.06. The first-order valence-electron chi connectivity index (χ1n) is 8.21. The summed E-state index contributed by atoms with van der Waals surface area (Å²) in [4.78, 5) is 0.224. The SMILES string of the molecule is CC(Cc1ccccc1Cl)NS(=O)(=O)c1cccc(-c2ccnn2C)c1. The molecule has 0 aliphatic heterocycles. The highest BCUT2D eigenvalue weighted by atomic mass is 35.5. The van der Waals surface area contributed by atoms with Gasteiger partial charge in [0.05, 0.1) is 10.6 Å². The molecule has 2 aromatic carbocycles. The average Bonchev–Trinajstić information content (AvgIpc) is 3.03. The summed E-state index contributed by atoms with van der Waals surface area (Å²) in [6.45, 7) is 1.83. The molecular weight excluding hydrogens is 370 g/mol. The fourth-order valence-electron chi connectivity index (χ4n) is 2.85. The molecule has 1 unspecified atom stereocenters. The normalized spacial score (nSPS) is 12.9. The first-order valence-corrected chi connectivity index (χ1v) is 10.1. The van der Waals surface area contributed by atoms with Gasteiger partial charge >= 0.3 is 0 Å². The Labute approximate surface area is 158 Å². The molecule has 1 N–H and O–H groups in total. The van der Waals surface area contributed by atoms with Crippen LogP contribution in [-0.4, -0.2) is 24.2 Å². The number of aromatic nitrogens is 2. The Morgan fingerprint density at radius 3 is 2.62 bits per heavy atom. The highest BCUT2D eigenvalue weighted by Gasteiger charge is 2.19. The van der Waals surface area contributed by atoms with Gasteiger partial charge in [0.25, 0.3) is 0 Å². The first kappa shape index (κ1) is 18.6. The second kappa shape index (κ2) is 7.61. The molecule has 0 saturated carbocycles. The maximum absolute atomic E-state index is 12.8. The van der Waals surface area contributed by atoms with E-state index < -0.39 is 10.0 Å². The van der Waals surface area contributed by atoms with Crippen molar-refractivity contribution in [3.63, 3.8) is 0 Å². The summed E-state index contributed by atoms with van der Waals surface area (Å²) in [6, 6.07) is 15.8. The monoisotopic (exact) mass is 389 g/mol. The van der Waals surface area contributed by atoms with Gasteiger partial charge in [0, 0.05) is 29.9 Å². The zero-order valence-corrected chi connectivity index (χ0v) is 16.1. The maximum atomic E-state index is 12.8. The van der Waals surface area contributed by atoms with Crippen LogP contribution in [0, 0.1) is 0 Å². The molecule has 0 fully saturated rings. The van der Waals surface area contributed by atoms with E-state index in [9.17, 15) is 8.42 Å². The number of nitrogens with one attached hydrogen (secondary N) is 1. The summed E-state index contributed by atoms with van der Waals surface area (Å²) < 4.78 is 29.9. The first-order chi connectivity index (χ1) is 12.4. The van der Waals surface area contributed by atoms with Gasteiger partial charge in [-0.2, -0.15) is 5.10 Å². The molecule has 1 aromatic heterocycles.